The van der Waals surface area contributed by atoms with E-state index in [1.54, 1.807) is 24.3 Å². The molecule has 0 fully saturated rings. The lowest BCUT2D eigenvalue weighted by atomic mass is 10.1. The van der Waals surface area contributed by atoms with E-state index < -0.39 is 12.7 Å². The Bertz CT molecular complexity index is 702. The summed E-state index contributed by atoms with van der Waals surface area (Å²) in [5, 5.41) is 2.73. The van der Waals surface area contributed by atoms with Gasteiger partial charge in [0.05, 0.1) is 7.11 Å². The summed E-state index contributed by atoms with van der Waals surface area (Å²) in [4.78, 5) is 12.1. The van der Waals surface area contributed by atoms with Crippen LogP contribution in [0.4, 0.5) is 8.78 Å². The van der Waals surface area contributed by atoms with Crippen LogP contribution < -0.4 is 20.5 Å². The molecule has 0 aliphatic carbocycles. The smallest absolute Gasteiger partial charge is 0.387 e. The number of hydrogen-bond acceptors (Lipinski definition) is 4. The third kappa shape index (κ3) is 6.16. The first-order chi connectivity index (χ1) is 12.0. The zero-order chi connectivity index (χ0) is 18.2. The predicted octanol–water partition coefficient (Wildman–Crippen LogP) is 3.08. The molecule has 0 aromatic heterocycles. The Balaban J connectivity index is 0.00000338. The molecule has 2 rings (SSSR count). The highest BCUT2D eigenvalue weighted by Crippen LogP contribution is 2.29. The topological polar surface area (TPSA) is 73.6 Å². The van der Waals surface area contributed by atoms with E-state index in [1.165, 1.54) is 13.2 Å². The first-order valence-electron chi connectivity index (χ1n) is 7.71. The molecule has 26 heavy (non-hydrogen) atoms. The fourth-order valence-electron chi connectivity index (χ4n) is 2.32. The summed E-state index contributed by atoms with van der Waals surface area (Å²) >= 11 is 0. The highest BCUT2D eigenvalue weighted by molar-refractivity contribution is 5.85. The van der Waals surface area contributed by atoms with Crippen LogP contribution >= 0.6 is 12.4 Å². The zero-order valence-corrected chi connectivity index (χ0v) is 15.0. The third-order valence-electron chi connectivity index (χ3n) is 3.60. The lowest BCUT2D eigenvalue weighted by Gasteiger charge is -2.14. The van der Waals surface area contributed by atoms with E-state index in [0.29, 0.717) is 13.0 Å². The second-order valence-corrected chi connectivity index (χ2v) is 5.29. The molecule has 2 aromatic rings. The molecule has 0 radical (unpaired) electrons. The number of nitrogens with two attached hydrogens (primary N) is 1. The molecular formula is C18H21ClF2N2O3. The van der Waals surface area contributed by atoms with Crippen LogP contribution in [0.5, 0.6) is 11.5 Å². The number of carbonyl (C=O) groups excluding carboxylic acids is 1. The molecule has 142 valence electrons. The van der Waals surface area contributed by atoms with Crippen LogP contribution in [0.2, 0.25) is 0 Å². The van der Waals surface area contributed by atoms with Gasteiger partial charge in [-0.2, -0.15) is 8.78 Å². The van der Waals surface area contributed by atoms with E-state index in [2.05, 4.69) is 10.1 Å². The van der Waals surface area contributed by atoms with Crippen molar-refractivity contribution in [2.24, 2.45) is 5.73 Å². The minimum absolute atomic E-state index is 0. The van der Waals surface area contributed by atoms with Crippen molar-refractivity contribution in [2.75, 3.05) is 13.7 Å². The molecule has 0 bridgehead atoms. The number of amides is 1. The lowest BCUT2D eigenvalue weighted by molar-refractivity contribution is -0.122. The molecule has 0 saturated heterocycles. The quantitative estimate of drug-likeness (QED) is 0.731. The van der Waals surface area contributed by atoms with Crippen LogP contribution in [0.15, 0.2) is 48.5 Å². The first-order valence-corrected chi connectivity index (χ1v) is 7.71. The fraction of sp³-hybridized carbons (Fsp3) is 0.278. The fourth-order valence-corrected chi connectivity index (χ4v) is 2.32. The molecule has 0 saturated carbocycles. The van der Waals surface area contributed by atoms with Crippen molar-refractivity contribution in [1.29, 1.82) is 0 Å². The van der Waals surface area contributed by atoms with Gasteiger partial charge in [0.1, 0.15) is 6.04 Å². The number of halogens is 3. The van der Waals surface area contributed by atoms with E-state index in [1.807, 2.05) is 18.2 Å². The zero-order valence-electron chi connectivity index (χ0n) is 14.2. The average Bonchev–Trinajstić information content (AvgIpc) is 2.61. The van der Waals surface area contributed by atoms with Crippen LogP contribution in [0.3, 0.4) is 0 Å². The Morgan fingerprint density at radius 1 is 1.15 bits per heavy atom. The SMILES string of the molecule is COc1ccc(CCNC(=O)C(N)c2ccccc2)cc1OC(F)F.Cl. The largest absolute Gasteiger partial charge is 0.493 e. The lowest BCUT2D eigenvalue weighted by Crippen LogP contribution is -2.35. The van der Waals surface area contributed by atoms with Gasteiger partial charge in [-0.25, -0.2) is 0 Å². The molecule has 0 aliphatic rings. The number of nitrogens with one attached hydrogen (secondary N) is 1. The van der Waals surface area contributed by atoms with Gasteiger partial charge in [0.15, 0.2) is 11.5 Å². The van der Waals surface area contributed by atoms with Gasteiger partial charge in [-0.05, 0) is 29.7 Å². The maximum absolute atomic E-state index is 12.4. The van der Waals surface area contributed by atoms with Crippen molar-refractivity contribution in [3.05, 3.63) is 59.7 Å². The summed E-state index contributed by atoms with van der Waals surface area (Å²) in [5.41, 5.74) is 7.35. The average molecular weight is 387 g/mol. The Morgan fingerprint density at radius 3 is 2.46 bits per heavy atom. The maximum atomic E-state index is 12.4. The van der Waals surface area contributed by atoms with Crippen molar-refractivity contribution in [3.63, 3.8) is 0 Å². The van der Waals surface area contributed by atoms with Crippen LogP contribution in [0.25, 0.3) is 0 Å². The van der Waals surface area contributed by atoms with Gasteiger partial charge in [-0.3, -0.25) is 4.79 Å². The molecule has 0 aliphatic heterocycles. The number of alkyl halides is 2. The summed E-state index contributed by atoms with van der Waals surface area (Å²) in [6.07, 6.45) is 0.441. The van der Waals surface area contributed by atoms with Gasteiger partial charge < -0.3 is 20.5 Å². The molecule has 8 heteroatoms. The van der Waals surface area contributed by atoms with E-state index in [9.17, 15) is 13.6 Å². The highest BCUT2D eigenvalue weighted by Gasteiger charge is 2.15. The second-order valence-electron chi connectivity index (χ2n) is 5.29. The molecule has 1 atom stereocenters. The molecule has 0 heterocycles. The summed E-state index contributed by atoms with van der Waals surface area (Å²) in [7, 11) is 1.37. The van der Waals surface area contributed by atoms with Crippen molar-refractivity contribution < 1.29 is 23.0 Å². The predicted molar refractivity (Wildman–Crippen MR) is 97.0 cm³/mol. The molecular weight excluding hydrogens is 366 g/mol. The number of hydrogen-bond donors (Lipinski definition) is 2. The standard InChI is InChI=1S/C18H20F2N2O3.ClH/c1-24-14-8-7-12(11-15(14)25-18(19)20)9-10-22-17(23)16(21)13-5-3-2-4-6-13;/h2-8,11,16,18H,9-10,21H2,1H3,(H,22,23);1H. The molecule has 1 amide bonds. The Labute approximate surface area is 156 Å². The van der Waals surface area contributed by atoms with Crippen molar-refractivity contribution >= 4 is 18.3 Å². The van der Waals surface area contributed by atoms with Crippen molar-refractivity contribution in [1.82, 2.24) is 5.32 Å². The molecule has 1 unspecified atom stereocenters. The Morgan fingerprint density at radius 2 is 1.85 bits per heavy atom. The van der Waals surface area contributed by atoms with Crippen LogP contribution in [-0.4, -0.2) is 26.2 Å². The number of benzene rings is 2. The molecule has 3 N–H and O–H groups in total. The van der Waals surface area contributed by atoms with Crippen molar-refractivity contribution in [3.8, 4) is 11.5 Å². The molecule has 5 nitrogen and oxygen atoms in total. The van der Waals surface area contributed by atoms with Gasteiger partial charge in [-0.15, -0.1) is 12.4 Å². The Hall–Kier alpha value is -2.38. The van der Waals surface area contributed by atoms with Crippen LogP contribution in [0.1, 0.15) is 17.2 Å². The summed E-state index contributed by atoms with van der Waals surface area (Å²) in [5.74, 6) is -0.120. The monoisotopic (exact) mass is 386 g/mol. The third-order valence-corrected chi connectivity index (χ3v) is 3.60. The number of ether oxygens (including phenoxy) is 2. The maximum Gasteiger partial charge on any atom is 0.387 e. The summed E-state index contributed by atoms with van der Waals surface area (Å²) in [6, 6.07) is 13.0. The minimum atomic E-state index is -2.94. The Kier molecular flexibility index (Phi) is 8.81. The van der Waals surface area contributed by atoms with Crippen LogP contribution in [0, 0.1) is 0 Å². The van der Waals surface area contributed by atoms with Crippen LogP contribution in [-0.2, 0) is 11.2 Å². The minimum Gasteiger partial charge on any atom is -0.493 e. The molecule has 0 spiro atoms. The van der Waals surface area contributed by atoms with Gasteiger partial charge in [0, 0.05) is 6.54 Å². The van der Waals surface area contributed by atoms with E-state index in [-0.39, 0.29) is 29.8 Å². The summed E-state index contributed by atoms with van der Waals surface area (Å²) in [6.45, 7) is -2.62. The first kappa shape index (κ1) is 21.7. The summed E-state index contributed by atoms with van der Waals surface area (Å²) < 4.78 is 34.3. The van der Waals surface area contributed by atoms with Gasteiger partial charge in [0.25, 0.3) is 0 Å². The number of methoxy groups -OCH3 is 1. The van der Waals surface area contributed by atoms with Gasteiger partial charge >= 0.3 is 6.61 Å². The van der Waals surface area contributed by atoms with E-state index in [4.69, 9.17) is 10.5 Å². The highest BCUT2D eigenvalue weighted by atomic mass is 35.5. The van der Waals surface area contributed by atoms with Gasteiger partial charge in [0.2, 0.25) is 5.91 Å². The van der Waals surface area contributed by atoms with Crippen molar-refractivity contribution in [2.45, 2.75) is 19.1 Å². The number of rotatable bonds is 8. The van der Waals surface area contributed by atoms with Gasteiger partial charge in [-0.1, -0.05) is 36.4 Å². The molecule has 2 aromatic carbocycles. The normalized spacial score (nSPS) is 11.4. The number of carbonyl (C=O) groups is 1. The second kappa shape index (κ2) is 10.6. The van der Waals surface area contributed by atoms with E-state index >= 15 is 0 Å². The van der Waals surface area contributed by atoms with E-state index in [0.717, 1.165) is 11.1 Å².